The summed E-state index contributed by atoms with van der Waals surface area (Å²) in [5.74, 6) is 0.0169. The molecule has 3 rings (SSSR count). The molecule has 0 radical (unpaired) electrons. The predicted octanol–water partition coefficient (Wildman–Crippen LogP) is 6.45. The molecule has 1 N–H and O–H groups in total. The second-order valence-electron chi connectivity index (χ2n) is 10.7. The number of aromatic nitrogens is 1. The van der Waals surface area contributed by atoms with Gasteiger partial charge in [-0.15, -0.1) is 0 Å². The minimum atomic E-state index is -4.40. The van der Waals surface area contributed by atoms with Gasteiger partial charge in [0.25, 0.3) is 10.0 Å². The lowest BCUT2D eigenvalue weighted by Gasteiger charge is -2.25. The fraction of sp³-hybridized carbons (Fsp3) is 0.444. The summed E-state index contributed by atoms with van der Waals surface area (Å²) in [6, 6.07) is 11.6. The minimum absolute atomic E-state index is 0.0169. The third-order valence-electron chi connectivity index (χ3n) is 6.34. The highest BCUT2D eigenvalue weighted by Crippen LogP contribution is 2.36. The number of sulfonamides is 1. The first-order valence-electron chi connectivity index (χ1n) is 12.6. The van der Waals surface area contributed by atoms with E-state index in [4.69, 9.17) is 9.26 Å². The molecular formula is C27H35F3N2O5SSi. The molecule has 12 heteroatoms. The lowest BCUT2D eigenvalue weighted by Crippen LogP contribution is -2.34. The molecule has 1 heterocycles. The summed E-state index contributed by atoms with van der Waals surface area (Å²) >= 11 is 0. The quantitative estimate of drug-likeness (QED) is 0.149. The van der Waals surface area contributed by atoms with Crippen LogP contribution in [0, 0.1) is 13.8 Å². The lowest BCUT2D eigenvalue weighted by atomic mass is 9.94. The molecule has 3 aromatic rings. The summed E-state index contributed by atoms with van der Waals surface area (Å²) in [6.45, 7) is 9.63. The molecule has 0 aliphatic heterocycles. The molecule has 0 spiro atoms. The van der Waals surface area contributed by atoms with Gasteiger partial charge in [0.05, 0.1) is 17.2 Å². The van der Waals surface area contributed by atoms with E-state index in [1.165, 1.54) is 12.1 Å². The zero-order valence-electron chi connectivity index (χ0n) is 22.8. The molecule has 0 saturated carbocycles. The van der Waals surface area contributed by atoms with Crippen LogP contribution in [0.4, 0.5) is 19.1 Å². The number of rotatable bonds is 12. The van der Waals surface area contributed by atoms with E-state index in [9.17, 15) is 26.7 Å². The lowest BCUT2D eigenvalue weighted by molar-refractivity contribution is -0.133. The Morgan fingerprint density at radius 1 is 1.08 bits per heavy atom. The Morgan fingerprint density at radius 3 is 2.36 bits per heavy atom. The average molecular weight is 585 g/mol. The van der Waals surface area contributed by atoms with Gasteiger partial charge in [-0.1, -0.05) is 61.2 Å². The average Bonchev–Trinajstić information content (AvgIpc) is 3.18. The van der Waals surface area contributed by atoms with Gasteiger partial charge in [0, 0.05) is 32.2 Å². The fourth-order valence-electron chi connectivity index (χ4n) is 3.92. The summed E-state index contributed by atoms with van der Waals surface area (Å²) in [6.07, 6.45) is -5.85. The molecule has 0 amide bonds. The SMILES string of the molecule is Cc1noc(N(COCC[Si](C)(C)C)S(=O)(=O)c2ccccc2-c2ccc(CO)cc2CCC(F)(F)F)c1C. The van der Waals surface area contributed by atoms with E-state index in [2.05, 4.69) is 24.8 Å². The van der Waals surface area contributed by atoms with Gasteiger partial charge in [0.1, 0.15) is 6.73 Å². The smallest absolute Gasteiger partial charge is 0.389 e. The Kier molecular flexibility index (Phi) is 9.68. The normalized spacial score (nSPS) is 12.6. The van der Waals surface area contributed by atoms with Crippen LogP contribution in [0.5, 0.6) is 0 Å². The number of halogens is 3. The van der Waals surface area contributed by atoms with Crippen LogP contribution in [0.3, 0.4) is 0 Å². The molecule has 2 aromatic carbocycles. The van der Waals surface area contributed by atoms with Crippen LogP contribution in [0.1, 0.15) is 28.8 Å². The Labute approximate surface area is 228 Å². The van der Waals surface area contributed by atoms with Gasteiger partial charge < -0.3 is 14.4 Å². The van der Waals surface area contributed by atoms with Crippen LogP contribution < -0.4 is 4.31 Å². The van der Waals surface area contributed by atoms with Gasteiger partial charge in [-0.2, -0.15) is 13.2 Å². The number of hydrogen-bond donors (Lipinski definition) is 1. The number of benzene rings is 2. The maximum Gasteiger partial charge on any atom is 0.389 e. The van der Waals surface area contributed by atoms with E-state index >= 15 is 0 Å². The van der Waals surface area contributed by atoms with E-state index in [0.717, 1.165) is 10.3 Å². The zero-order chi connectivity index (χ0) is 29.0. The van der Waals surface area contributed by atoms with Crippen molar-refractivity contribution >= 4 is 24.0 Å². The molecule has 1 aromatic heterocycles. The highest BCUT2D eigenvalue weighted by molar-refractivity contribution is 7.93. The molecule has 214 valence electrons. The van der Waals surface area contributed by atoms with Crippen molar-refractivity contribution in [2.45, 2.75) is 70.1 Å². The number of aliphatic hydroxyl groups is 1. The van der Waals surface area contributed by atoms with Crippen molar-refractivity contribution in [2.75, 3.05) is 17.6 Å². The maximum absolute atomic E-state index is 14.2. The first-order chi connectivity index (χ1) is 18.1. The monoisotopic (exact) mass is 584 g/mol. The van der Waals surface area contributed by atoms with Crippen molar-refractivity contribution in [3.05, 3.63) is 64.8 Å². The van der Waals surface area contributed by atoms with Gasteiger partial charge in [0.2, 0.25) is 5.88 Å². The Balaban J connectivity index is 2.10. The number of aryl methyl sites for hydroxylation is 2. The summed E-state index contributed by atoms with van der Waals surface area (Å²) in [4.78, 5) is -0.114. The summed E-state index contributed by atoms with van der Waals surface area (Å²) in [5, 5.41) is 13.5. The highest BCUT2D eigenvalue weighted by atomic mass is 32.2. The van der Waals surface area contributed by atoms with E-state index < -0.39 is 30.7 Å². The van der Waals surface area contributed by atoms with Crippen molar-refractivity contribution in [1.29, 1.82) is 0 Å². The van der Waals surface area contributed by atoms with E-state index in [1.807, 2.05) is 0 Å². The Hall–Kier alpha value is -2.67. The van der Waals surface area contributed by atoms with Crippen molar-refractivity contribution < 1.29 is 36.0 Å². The van der Waals surface area contributed by atoms with E-state index in [0.29, 0.717) is 29.0 Å². The molecule has 0 atom stereocenters. The second kappa shape index (κ2) is 12.2. The van der Waals surface area contributed by atoms with Gasteiger partial charge in [0.15, 0.2) is 0 Å². The van der Waals surface area contributed by atoms with Gasteiger partial charge in [-0.05, 0) is 49.1 Å². The number of alkyl halides is 3. The van der Waals surface area contributed by atoms with Crippen molar-refractivity contribution in [2.24, 2.45) is 0 Å². The molecule has 39 heavy (non-hydrogen) atoms. The third kappa shape index (κ3) is 7.93. The summed E-state index contributed by atoms with van der Waals surface area (Å²) < 4.78 is 79.9. The van der Waals surface area contributed by atoms with Crippen LogP contribution in [0.2, 0.25) is 25.7 Å². The van der Waals surface area contributed by atoms with Crippen molar-refractivity contribution in [1.82, 2.24) is 5.16 Å². The summed E-state index contributed by atoms with van der Waals surface area (Å²) in [7, 11) is -5.76. The van der Waals surface area contributed by atoms with Crippen LogP contribution >= 0.6 is 0 Å². The number of hydrogen-bond acceptors (Lipinski definition) is 6. The molecule has 0 saturated heterocycles. The molecule has 0 bridgehead atoms. The molecule has 0 aliphatic carbocycles. The van der Waals surface area contributed by atoms with Crippen LogP contribution in [0.25, 0.3) is 11.1 Å². The number of ether oxygens (including phenoxy) is 1. The second-order valence-corrected chi connectivity index (χ2v) is 18.1. The molecular weight excluding hydrogens is 549 g/mol. The largest absolute Gasteiger partial charge is 0.392 e. The number of aliphatic hydroxyl groups excluding tert-OH is 1. The van der Waals surface area contributed by atoms with Gasteiger partial charge >= 0.3 is 6.18 Å². The maximum atomic E-state index is 14.2. The fourth-order valence-corrected chi connectivity index (χ4v) is 6.23. The number of nitrogens with zero attached hydrogens (tertiary/aromatic N) is 2. The Bertz CT molecular complexity index is 1380. The van der Waals surface area contributed by atoms with Crippen LogP contribution in [-0.4, -0.2) is 46.3 Å². The summed E-state index contributed by atoms with van der Waals surface area (Å²) in [5.41, 5.74) is 2.34. The van der Waals surface area contributed by atoms with Gasteiger partial charge in [-0.25, -0.2) is 12.7 Å². The van der Waals surface area contributed by atoms with Crippen LogP contribution in [-0.2, 0) is 27.8 Å². The topological polar surface area (TPSA) is 92.9 Å². The first kappa shape index (κ1) is 30.9. The molecule has 0 unspecified atom stereocenters. The van der Waals surface area contributed by atoms with E-state index in [-0.39, 0.29) is 41.7 Å². The van der Waals surface area contributed by atoms with Crippen molar-refractivity contribution in [3.8, 4) is 11.1 Å². The van der Waals surface area contributed by atoms with Crippen LogP contribution in [0.15, 0.2) is 51.9 Å². The first-order valence-corrected chi connectivity index (χ1v) is 17.7. The highest BCUT2D eigenvalue weighted by Gasteiger charge is 2.33. The zero-order valence-corrected chi connectivity index (χ0v) is 24.6. The molecule has 0 fully saturated rings. The predicted molar refractivity (Wildman–Crippen MR) is 147 cm³/mol. The number of anilines is 1. The third-order valence-corrected chi connectivity index (χ3v) is 9.81. The molecule has 0 aliphatic rings. The minimum Gasteiger partial charge on any atom is -0.392 e. The van der Waals surface area contributed by atoms with E-state index in [1.54, 1.807) is 44.2 Å². The standard InChI is InChI=1S/C27H35F3N2O5SSi/c1-19-20(2)31-37-26(19)32(18-36-14-15-39(3,4)5)38(34,35)25-9-7-6-8-24(25)23-11-10-21(17-33)16-22(23)12-13-27(28,29)30/h6-11,16,33H,12-15,17-18H2,1-5H3. The Morgan fingerprint density at radius 2 is 1.77 bits per heavy atom. The van der Waals surface area contributed by atoms with Crippen molar-refractivity contribution in [3.63, 3.8) is 0 Å². The molecule has 7 nitrogen and oxygen atoms in total. The van der Waals surface area contributed by atoms with Gasteiger partial charge in [-0.3, -0.25) is 0 Å².